The van der Waals surface area contributed by atoms with E-state index >= 15 is 0 Å². The topological polar surface area (TPSA) is 115 Å². The molecule has 29 heavy (non-hydrogen) atoms. The summed E-state index contributed by atoms with van der Waals surface area (Å²) >= 11 is 0. The Morgan fingerprint density at radius 3 is 1.86 bits per heavy atom. The summed E-state index contributed by atoms with van der Waals surface area (Å²) in [6.45, 7) is 13.9. The van der Waals surface area contributed by atoms with Gasteiger partial charge in [0.2, 0.25) is 0 Å². The molecule has 0 amide bonds. The third-order valence-corrected chi connectivity index (χ3v) is 4.13. The van der Waals surface area contributed by atoms with E-state index in [1.54, 1.807) is 21.3 Å². The number of hydrogen-bond acceptors (Lipinski definition) is 6. The Morgan fingerprint density at radius 1 is 0.828 bits per heavy atom. The molecule has 0 aliphatic carbocycles. The summed E-state index contributed by atoms with van der Waals surface area (Å²) in [4.78, 5) is 0. The van der Waals surface area contributed by atoms with Gasteiger partial charge in [0.1, 0.15) is 24.4 Å². The quantitative estimate of drug-likeness (QED) is 0.510. The Balaban J connectivity index is 0. The standard InChI is InChI=1S/C16H22O6.3CO.Cr/c1-17-13-12-11(21-16(19-3)14(13)18-2)9-20-15(22-12)10-7-5-4-6-8-10;3*1-2;/h4-8,11-16H,9H2,1-3H3;;;;/t11?,12-,13+,14-,15-,16+;;;;/m1..../s1. The molecule has 9 nitrogen and oxygen atoms in total. The van der Waals surface area contributed by atoms with Gasteiger partial charge in [-0.2, -0.15) is 0 Å². The van der Waals surface area contributed by atoms with Crippen LogP contribution in [0.1, 0.15) is 11.9 Å². The molecule has 2 fully saturated rings. The Kier molecular flexibility index (Phi) is 18.1. The molecule has 2 saturated heterocycles. The molecule has 0 N–H and O–H groups in total. The van der Waals surface area contributed by atoms with Crippen molar-refractivity contribution in [1.82, 2.24) is 0 Å². The number of ether oxygens (including phenoxy) is 6. The van der Waals surface area contributed by atoms with Crippen molar-refractivity contribution in [3.8, 4) is 0 Å². The minimum atomic E-state index is -0.503. The number of methoxy groups -OCH3 is 3. The molecule has 2 aliphatic rings. The minimum absolute atomic E-state index is 0. The van der Waals surface area contributed by atoms with Crippen LogP contribution in [0.2, 0.25) is 0 Å². The molecule has 6 atom stereocenters. The molecule has 1 aromatic rings. The second-order valence-corrected chi connectivity index (χ2v) is 5.36. The van der Waals surface area contributed by atoms with Gasteiger partial charge in [-0.05, 0) is 0 Å². The van der Waals surface area contributed by atoms with Gasteiger partial charge in [-0.15, -0.1) is 0 Å². The summed E-state index contributed by atoms with van der Waals surface area (Å²) < 4.78 is 56.7. The van der Waals surface area contributed by atoms with E-state index < -0.39 is 12.6 Å². The Labute approximate surface area is 180 Å². The maximum Gasteiger partial charge on any atom is 0 e. The predicted molar refractivity (Wildman–Crippen MR) is 89.1 cm³/mol. The van der Waals surface area contributed by atoms with E-state index in [9.17, 15) is 0 Å². The predicted octanol–water partition coefficient (Wildman–Crippen LogP) is 1.39. The number of benzene rings is 1. The van der Waals surface area contributed by atoms with E-state index in [0.717, 1.165) is 5.56 Å². The first kappa shape index (κ1) is 29.9. The van der Waals surface area contributed by atoms with E-state index in [-0.39, 0.29) is 41.8 Å². The van der Waals surface area contributed by atoms with Gasteiger partial charge in [0, 0.05) is 44.3 Å². The van der Waals surface area contributed by atoms with E-state index in [2.05, 4.69) is 20.0 Å². The second-order valence-electron chi connectivity index (χ2n) is 5.36. The van der Waals surface area contributed by atoms with Crippen LogP contribution in [0.5, 0.6) is 0 Å². The molecule has 2 aliphatic heterocycles. The number of hydrogen-bond donors (Lipinski definition) is 0. The van der Waals surface area contributed by atoms with Crippen LogP contribution in [0.15, 0.2) is 30.3 Å². The van der Waals surface area contributed by atoms with Gasteiger partial charge in [0.25, 0.3) is 0 Å². The Hall–Kier alpha value is -1.27. The van der Waals surface area contributed by atoms with Crippen LogP contribution in [0, 0.1) is 20.0 Å². The SMILES string of the molecule is CO[C@H]1OC2CO[C@@H](c3ccccc3)O[C@H]2[C@H](OC)[C@H]1OC.[C-]#[O+].[C-]#[O+].[C-]#[O+].[Cr]. The summed E-state index contributed by atoms with van der Waals surface area (Å²) in [7, 11) is 4.84. The van der Waals surface area contributed by atoms with E-state index in [4.69, 9.17) is 42.4 Å². The minimum Gasteiger partial charge on any atom is 0 e. The van der Waals surface area contributed by atoms with Crippen LogP contribution < -0.4 is 0 Å². The Bertz CT molecular complexity index is 578. The number of rotatable bonds is 4. The van der Waals surface area contributed by atoms with Crippen LogP contribution in [-0.4, -0.2) is 58.6 Å². The van der Waals surface area contributed by atoms with Crippen molar-refractivity contribution in [2.24, 2.45) is 0 Å². The van der Waals surface area contributed by atoms with Crippen molar-refractivity contribution >= 4 is 0 Å². The van der Waals surface area contributed by atoms with Gasteiger partial charge >= 0.3 is 33.9 Å². The van der Waals surface area contributed by atoms with Crippen molar-refractivity contribution in [3.63, 3.8) is 0 Å². The van der Waals surface area contributed by atoms with Crippen molar-refractivity contribution in [2.75, 3.05) is 27.9 Å². The molecule has 158 valence electrons. The first-order valence-electron chi connectivity index (χ1n) is 7.95. The summed E-state index contributed by atoms with van der Waals surface area (Å²) in [6, 6.07) is 9.82. The smallest absolute Gasteiger partial charge is 0 e. The summed E-state index contributed by atoms with van der Waals surface area (Å²) in [5.41, 5.74) is 0.971. The van der Waals surface area contributed by atoms with Crippen LogP contribution in [-0.2, 0) is 59.7 Å². The molecular formula is C19H22CrO9. The van der Waals surface area contributed by atoms with Crippen molar-refractivity contribution in [3.05, 3.63) is 55.8 Å². The zero-order valence-corrected chi connectivity index (χ0v) is 17.4. The fraction of sp³-hybridized carbons (Fsp3) is 0.526. The second kappa shape index (κ2) is 17.6. The summed E-state index contributed by atoms with van der Waals surface area (Å²) in [6.07, 6.45) is -2.10. The fourth-order valence-electron chi connectivity index (χ4n) is 3.03. The van der Waals surface area contributed by atoms with Gasteiger partial charge in [-0.25, -0.2) is 0 Å². The maximum atomic E-state index is 7.50. The van der Waals surface area contributed by atoms with E-state index in [1.165, 1.54) is 0 Å². The van der Waals surface area contributed by atoms with Gasteiger partial charge in [0.05, 0.1) is 6.61 Å². The summed E-state index contributed by atoms with van der Waals surface area (Å²) in [5, 5.41) is 0. The first-order valence-corrected chi connectivity index (χ1v) is 7.95. The van der Waals surface area contributed by atoms with E-state index in [1.807, 2.05) is 30.3 Å². The monoisotopic (exact) mass is 446 g/mol. The van der Waals surface area contributed by atoms with Gasteiger partial charge in [-0.1, -0.05) is 30.3 Å². The zero-order valence-electron chi connectivity index (χ0n) is 16.1. The normalized spacial score (nSPS) is 29.4. The van der Waals surface area contributed by atoms with Crippen LogP contribution >= 0.6 is 0 Å². The third-order valence-electron chi connectivity index (χ3n) is 4.13. The molecule has 0 spiro atoms. The molecule has 0 saturated carbocycles. The van der Waals surface area contributed by atoms with Crippen molar-refractivity contribution in [1.29, 1.82) is 0 Å². The number of fused-ring (bicyclic) bond motifs is 1. The molecule has 0 bridgehead atoms. The molecule has 1 unspecified atom stereocenters. The fourth-order valence-corrected chi connectivity index (χ4v) is 3.03. The van der Waals surface area contributed by atoms with Crippen LogP contribution in [0.4, 0.5) is 0 Å². The third kappa shape index (κ3) is 7.82. The van der Waals surface area contributed by atoms with Crippen molar-refractivity contribution in [2.45, 2.75) is 37.0 Å². The van der Waals surface area contributed by atoms with Gasteiger partial charge < -0.3 is 28.4 Å². The largest absolute Gasteiger partial charge is 0 e. The van der Waals surface area contributed by atoms with Gasteiger partial charge in [0.15, 0.2) is 12.6 Å². The molecular weight excluding hydrogens is 424 g/mol. The molecule has 1 aromatic carbocycles. The van der Waals surface area contributed by atoms with Crippen molar-refractivity contribution < 1.29 is 59.7 Å². The average Bonchev–Trinajstić information content (AvgIpc) is 2.81. The first-order chi connectivity index (χ1) is 13.8. The zero-order chi connectivity index (χ0) is 21.5. The molecule has 0 aromatic heterocycles. The van der Waals surface area contributed by atoms with Gasteiger partial charge in [-0.3, -0.25) is 0 Å². The van der Waals surface area contributed by atoms with Crippen LogP contribution in [0.25, 0.3) is 0 Å². The summed E-state index contributed by atoms with van der Waals surface area (Å²) in [5.74, 6) is 0. The maximum absolute atomic E-state index is 7.50. The molecule has 10 heteroatoms. The van der Waals surface area contributed by atoms with Crippen LogP contribution in [0.3, 0.4) is 0 Å². The molecule has 3 rings (SSSR count). The Morgan fingerprint density at radius 2 is 1.38 bits per heavy atom. The molecule has 0 radical (unpaired) electrons. The molecule has 2 heterocycles. The van der Waals surface area contributed by atoms with E-state index in [0.29, 0.717) is 6.61 Å². The average molecular weight is 446 g/mol.